The lowest BCUT2D eigenvalue weighted by Gasteiger charge is -2.07. The summed E-state index contributed by atoms with van der Waals surface area (Å²) in [6.07, 6.45) is -0.525. The van der Waals surface area contributed by atoms with Crippen molar-refractivity contribution in [2.24, 2.45) is 7.05 Å². The van der Waals surface area contributed by atoms with Crippen LogP contribution in [0.15, 0.2) is 28.3 Å². The van der Waals surface area contributed by atoms with Crippen LogP contribution < -0.4 is 0 Å². The molecule has 0 aliphatic carbocycles. The molecular weight excluding hydrogens is 260 g/mol. The smallest absolute Gasteiger partial charge is 0.213 e. The van der Waals surface area contributed by atoms with Gasteiger partial charge in [-0.2, -0.15) is 0 Å². The number of rotatable bonds is 3. The SMILES string of the molecule is C[C@H](O)c1ccc(Sc2nnnn2C)c(Cl)c1. The van der Waals surface area contributed by atoms with Crippen LogP contribution in [-0.4, -0.2) is 25.3 Å². The number of aliphatic hydroxyl groups is 1. The molecule has 1 N–H and O–H groups in total. The molecule has 2 aromatic rings. The summed E-state index contributed by atoms with van der Waals surface area (Å²) in [7, 11) is 1.76. The van der Waals surface area contributed by atoms with E-state index in [0.717, 1.165) is 10.5 Å². The average Bonchev–Trinajstić information content (AvgIpc) is 2.67. The zero-order chi connectivity index (χ0) is 12.4. The van der Waals surface area contributed by atoms with Crippen molar-refractivity contribution < 1.29 is 5.11 Å². The molecule has 7 heteroatoms. The van der Waals surface area contributed by atoms with Gasteiger partial charge in [0.1, 0.15) is 0 Å². The largest absolute Gasteiger partial charge is 0.389 e. The van der Waals surface area contributed by atoms with Gasteiger partial charge in [-0.25, -0.2) is 4.68 Å². The van der Waals surface area contributed by atoms with Crippen LogP contribution in [0.1, 0.15) is 18.6 Å². The molecule has 1 atom stereocenters. The molecule has 1 aromatic carbocycles. The molecule has 0 aliphatic heterocycles. The van der Waals surface area contributed by atoms with Crippen molar-refractivity contribution in [3.8, 4) is 0 Å². The Labute approximate surface area is 108 Å². The van der Waals surface area contributed by atoms with Gasteiger partial charge in [0.05, 0.1) is 11.1 Å². The summed E-state index contributed by atoms with van der Waals surface area (Å²) in [6, 6.07) is 5.44. The maximum absolute atomic E-state index is 9.44. The van der Waals surface area contributed by atoms with Gasteiger partial charge in [-0.3, -0.25) is 0 Å². The van der Waals surface area contributed by atoms with Crippen molar-refractivity contribution >= 4 is 23.4 Å². The molecule has 0 spiro atoms. The fraction of sp³-hybridized carbons (Fsp3) is 0.300. The molecule has 5 nitrogen and oxygen atoms in total. The third-order valence-corrected chi connectivity index (χ3v) is 3.75. The summed E-state index contributed by atoms with van der Waals surface area (Å²) in [5.41, 5.74) is 0.787. The molecule has 0 bridgehead atoms. The van der Waals surface area contributed by atoms with Gasteiger partial charge in [0, 0.05) is 11.9 Å². The highest BCUT2D eigenvalue weighted by molar-refractivity contribution is 7.99. The van der Waals surface area contributed by atoms with Gasteiger partial charge in [-0.1, -0.05) is 17.7 Å². The summed E-state index contributed by atoms with van der Waals surface area (Å²) in [5, 5.41) is 21.8. The van der Waals surface area contributed by atoms with E-state index in [4.69, 9.17) is 11.6 Å². The second-order valence-corrected chi connectivity index (χ2v) is 4.97. The third-order valence-electron chi connectivity index (χ3n) is 2.22. The Morgan fingerprint density at radius 3 is 2.76 bits per heavy atom. The van der Waals surface area contributed by atoms with E-state index in [1.807, 2.05) is 12.1 Å². The molecule has 0 radical (unpaired) electrons. The lowest BCUT2D eigenvalue weighted by atomic mass is 10.1. The van der Waals surface area contributed by atoms with E-state index >= 15 is 0 Å². The van der Waals surface area contributed by atoms with E-state index < -0.39 is 6.10 Å². The zero-order valence-corrected chi connectivity index (χ0v) is 10.9. The first-order chi connectivity index (χ1) is 8.08. The minimum atomic E-state index is -0.525. The lowest BCUT2D eigenvalue weighted by molar-refractivity contribution is 0.199. The quantitative estimate of drug-likeness (QED) is 0.925. The maximum atomic E-state index is 9.44. The Kier molecular flexibility index (Phi) is 3.66. The van der Waals surface area contributed by atoms with Gasteiger partial charge in [0.15, 0.2) is 0 Å². The second-order valence-electron chi connectivity index (χ2n) is 3.55. The van der Waals surface area contributed by atoms with Gasteiger partial charge < -0.3 is 5.11 Å². The van der Waals surface area contributed by atoms with Gasteiger partial charge in [-0.05, 0) is 46.8 Å². The van der Waals surface area contributed by atoms with Crippen LogP contribution in [0.3, 0.4) is 0 Å². The fourth-order valence-corrected chi connectivity index (χ4v) is 2.31. The van der Waals surface area contributed by atoms with Crippen molar-refractivity contribution in [3.05, 3.63) is 28.8 Å². The Morgan fingerprint density at radius 2 is 2.24 bits per heavy atom. The summed E-state index contributed by atoms with van der Waals surface area (Å²) >= 11 is 7.51. The van der Waals surface area contributed by atoms with Crippen molar-refractivity contribution in [3.63, 3.8) is 0 Å². The molecule has 0 saturated carbocycles. The minimum absolute atomic E-state index is 0.525. The standard InChI is InChI=1S/C10H11ClN4OS/c1-6(16)7-3-4-9(8(11)5-7)17-10-12-13-14-15(10)2/h3-6,16H,1-2H3/t6-/m0/s1. The Balaban J connectivity index is 2.26. The van der Waals surface area contributed by atoms with E-state index in [9.17, 15) is 5.11 Å². The Morgan fingerprint density at radius 1 is 1.47 bits per heavy atom. The highest BCUT2D eigenvalue weighted by Crippen LogP contribution is 2.33. The number of hydrogen-bond acceptors (Lipinski definition) is 5. The number of tetrazole rings is 1. The normalized spacial score (nSPS) is 12.7. The third kappa shape index (κ3) is 2.77. The van der Waals surface area contributed by atoms with Crippen molar-refractivity contribution in [1.82, 2.24) is 20.2 Å². The van der Waals surface area contributed by atoms with Crippen LogP contribution in [0.4, 0.5) is 0 Å². The number of aryl methyl sites for hydroxylation is 1. The molecule has 0 amide bonds. The molecule has 1 heterocycles. The van der Waals surface area contributed by atoms with E-state index in [1.54, 1.807) is 24.7 Å². The molecular formula is C10H11ClN4OS. The fourth-order valence-electron chi connectivity index (χ4n) is 1.27. The first-order valence-electron chi connectivity index (χ1n) is 4.95. The number of aliphatic hydroxyl groups excluding tert-OH is 1. The highest BCUT2D eigenvalue weighted by atomic mass is 35.5. The highest BCUT2D eigenvalue weighted by Gasteiger charge is 2.10. The summed E-state index contributed by atoms with van der Waals surface area (Å²) in [5.74, 6) is 0. The first-order valence-corrected chi connectivity index (χ1v) is 6.15. The Hall–Kier alpha value is -1.11. The van der Waals surface area contributed by atoms with E-state index in [-0.39, 0.29) is 0 Å². The minimum Gasteiger partial charge on any atom is -0.389 e. The predicted octanol–water partition coefficient (Wildman–Crippen LogP) is 2.07. The van der Waals surface area contributed by atoms with Crippen molar-refractivity contribution in [2.45, 2.75) is 23.1 Å². The molecule has 2 rings (SSSR count). The number of aromatic nitrogens is 4. The van der Waals surface area contributed by atoms with Crippen LogP contribution in [-0.2, 0) is 7.05 Å². The Bertz CT molecular complexity index is 529. The summed E-state index contributed by atoms with van der Waals surface area (Å²) < 4.78 is 1.57. The number of benzene rings is 1. The van der Waals surface area contributed by atoms with Gasteiger partial charge in [0.25, 0.3) is 0 Å². The topological polar surface area (TPSA) is 63.8 Å². The average molecular weight is 271 g/mol. The number of halogens is 1. The van der Waals surface area contributed by atoms with Gasteiger partial charge in [-0.15, -0.1) is 5.10 Å². The van der Waals surface area contributed by atoms with Crippen LogP contribution >= 0.6 is 23.4 Å². The second kappa shape index (κ2) is 5.03. The maximum Gasteiger partial charge on any atom is 0.213 e. The number of hydrogen-bond donors (Lipinski definition) is 1. The first kappa shape index (κ1) is 12.3. The molecule has 0 fully saturated rings. The number of nitrogens with zero attached hydrogens (tertiary/aromatic N) is 4. The molecule has 17 heavy (non-hydrogen) atoms. The molecule has 0 saturated heterocycles. The van der Waals surface area contributed by atoms with E-state index in [2.05, 4.69) is 15.5 Å². The van der Waals surface area contributed by atoms with Crippen LogP contribution in [0.5, 0.6) is 0 Å². The monoisotopic (exact) mass is 270 g/mol. The van der Waals surface area contributed by atoms with Gasteiger partial charge >= 0.3 is 0 Å². The summed E-state index contributed by atoms with van der Waals surface area (Å²) in [4.78, 5) is 0.856. The van der Waals surface area contributed by atoms with E-state index in [0.29, 0.717) is 10.2 Å². The molecule has 1 aromatic heterocycles. The van der Waals surface area contributed by atoms with Crippen LogP contribution in [0, 0.1) is 0 Å². The van der Waals surface area contributed by atoms with E-state index in [1.165, 1.54) is 11.8 Å². The molecule has 90 valence electrons. The van der Waals surface area contributed by atoms with Gasteiger partial charge in [0.2, 0.25) is 5.16 Å². The zero-order valence-electron chi connectivity index (χ0n) is 9.33. The van der Waals surface area contributed by atoms with Crippen LogP contribution in [0.25, 0.3) is 0 Å². The predicted molar refractivity (Wildman–Crippen MR) is 65.0 cm³/mol. The lowest BCUT2D eigenvalue weighted by Crippen LogP contribution is -1.94. The molecule has 0 unspecified atom stereocenters. The summed E-state index contributed by atoms with van der Waals surface area (Å²) in [6.45, 7) is 1.70. The molecule has 0 aliphatic rings. The van der Waals surface area contributed by atoms with Crippen molar-refractivity contribution in [2.75, 3.05) is 0 Å². The van der Waals surface area contributed by atoms with Crippen LogP contribution in [0.2, 0.25) is 5.02 Å². The van der Waals surface area contributed by atoms with Crippen molar-refractivity contribution in [1.29, 1.82) is 0 Å².